The van der Waals surface area contributed by atoms with Crippen LogP contribution in [0.25, 0.3) is 0 Å². The van der Waals surface area contributed by atoms with Gasteiger partial charge in [-0.3, -0.25) is 4.79 Å². The molecule has 2 fully saturated rings. The van der Waals surface area contributed by atoms with E-state index >= 15 is 0 Å². The van der Waals surface area contributed by atoms with Crippen LogP contribution in [-0.4, -0.2) is 24.7 Å². The molecule has 1 aromatic rings. The number of carbonyl (C=O) groups is 1. The van der Waals surface area contributed by atoms with Gasteiger partial charge in [-0.1, -0.05) is 43.5 Å². The lowest BCUT2D eigenvalue weighted by atomic mass is 9.68. The lowest BCUT2D eigenvalue weighted by molar-refractivity contribution is -0.142. The van der Waals surface area contributed by atoms with Crippen LogP contribution in [0.15, 0.2) is 24.3 Å². The molecule has 2 aliphatic rings. The average molecular weight is 301 g/mol. The van der Waals surface area contributed by atoms with E-state index in [1.165, 1.54) is 43.2 Å². The predicted octanol–water partition coefficient (Wildman–Crippen LogP) is 3.49. The molecule has 1 aliphatic heterocycles. The highest BCUT2D eigenvalue weighted by molar-refractivity contribution is 5.77. The van der Waals surface area contributed by atoms with Gasteiger partial charge in [-0.25, -0.2) is 0 Å². The third-order valence-corrected chi connectivity index (χ3v) is 5.38. The highest BCUT2D eigenvalue weighted by atomic mass is 16.6. The molecule has 0 aromatic heterocycles. The summed E-state index contributed by atoms with van der Waals surface area (Å²) in [5.74, 6) is -0.0803. The van der Waals surface area contributed by atoms with Crippen molar-refractivity contribution in [1.29, 1.82) is 0 Å². The first-order valence-electron chi connectivity index (χ1n) is 8.61. The Kier molecular flexibility index (Phi) is 4.53. The second-order valence-corrected chi connectivity index (χ2v) is 7.07. The van der Waals surface area contributed by atoms with E-state index in [4.69, 9.17) is 4.74 Å². The lowest BCUT2D eigenvalue weighted by Gasteiger charge is -2.39. The van der Waals surface area contributed by atoms with Gasteiger partial charge in [-0.15, -0.1) is 0 Å². The Hall–Kier alpha value is -1.35. The Balaban J connectivity index is 1.78. The minimum atomic E-state index is -0.127. The molecular weight excluding hydrogens is 274 g/mol. The third kappa shape index (κ3) is 3.05. The molecule has 0 spiro atoms. The van der Waals surface area contributed by atoms with Crippen LogP contribution >= 0.6 is 0 Å². The second kappa shape index (κ2) is 6.41. The van der Waals surface area contributed by atoms with Crippen molar-refractivity contribution in [1.82, 2.24) is 5.32 Å². The fourth-order valence-corrected chi connectivity index (χ4v) is 4.18. The SMILES string of the molecule is Cc1ccccc1C1(CN[C@@H]2C[C@H](C)OC2=O)CCCCC1. The largest absolute Gasteiger partial charge is 0.461 e. The molecule has 0 amide bonds. The standard InChI is InChI=1S/C19H27NO2/c1-14-8-4-5-9-16(14)19(10-6-3-7-11-19)13-20-17-12-15(2)22-18(17)21/h4-5,8-9,15,17,20H,3,6-7,10-13H2,1-2H3/t15-,17+/m0/s1. The molecule has 1 saturated carbocycles. The van der Waals surface area contributed by atoms with E-state index < -0.39 is 0 Å². The van der Waals surface area contributed by atoms with E-state index in [-0.39, 0.29) is 23.5 Å². The molecule has 22 heavy (non-hydrogen) atoms. The van der Waals surface area contributed by atoms with Gasteiger partial charge in [0.2, 0.25) is 0 Å². The van der Waals surface area contributed by atoms with Crippen molar-refractivity contribution >= 4 is 5.97 Å². The van der Waals surface area contributed by atoms with Crippen molar-refractivity contribution < 1.29 is 9.53 Å². The summed E-state index contributed by atoms with van der Waals surface area (Å²) in [5, 5.41) is 3.52. The zero-order valence-electron chi connectivity index (χ0n) is 13.7. The molecule has 3 rings (SSSR count). The van der Waals surface area contributed by atoms with E-state index in [0.29, 0.717) is 0 Å². The molecule has 0 bridgehead atoms. The molecule has 3 nitrogen and oxygen atoms in total. The smallest absolute Gasteiger partial charge is 0.323 e. The lowest BCUT2D eigenvalue weighted by Crippen LogP contribution is -2.45. The van der Waals surface area contributed by atoms with Crippen molar-refractivity contribution in [2.24, 2.45) is 0 Å². The minimum Gasteiger partial charge on any atom is -0.461 e. The monoisotopic (exact) mass is 301 g/mol. The van der Waals surface area contributed by atoms with Gasteiger partial charge in [-0.2, -0.15) is 0 Å². The van der Waals surface area contributed by atoms with Crippen LogP contribution in [0.3, 0.4) is 0 Å². The molecular formula is C19H27NO2. The van der Waals surface area contributed by atoms with Crippen LogP contribution < -0.4 is 5.32 Å². The Morgan fingerprint density at radius 2 is 1.95 bits per heavy atom. The summed E-state index contributed by atoms with van der Waals surface area (Å²) in [7, 11) is 0. The molecule has 1 aromatic carbocycles. The summed E-state index contributed by atoms with van der Waals surface area (Å²) < 4.78 is 5.27. The van der Waals surface area contributed by atoms with Crippen molar-refractivity contribution in [3.8, 4) is 0 Å². The Labute approximate surface area is 133 Å². The molecule has 1 saturated heterocycles. The molecule has 3 heteroatoms. The quantitative estimate of drug-likeness (QED) is 0.865. The van der Waals surface area contributed by atoms with Crippen molar-refractivity contribution in [3.63, 3.8) is 0 Å². The zero-order chi connectivity index (χ0) is 15.6. The van der Waals surface area contributed by atoms with E-state index in [0.717, 1.165) is 13.0 Å². The number of ether oxygens (including phenoxy) is 1. The van der Waals surface area contributed by atoms with Gasteiger partial charge in [0.15, 0.2) is 0 Å². The van der Waals surface area contributed by atoms with Gasteiger partial charge < -0.3 is 10.1 Å². The van der Waals surface area contributed by atoms with Crippen LogP contribution in [0.4, 0.5) is 0 Å². The third-order valence-electron chi connectivity index (χ3n) is 5.38. The number of esters is 1. The topological polar surface area (TPSA) is 38.3 Å². The van der Waals surface area contributed by atoms with Crippen molar-refractivity contribution in [2.45, 2.75) is 69.9 Å². The maximum absolute atomic E-state index is 11.9. The highest BCUT2D eigenvalue weighted by Crippen LogP contribution is 2.40. The predicted molar refractivity (Wildman–Crippen MR) is 87.9 cm³/mol. The summed E-state index contributed by atoms with van der Waals surface area (Å²) in [5.41, 5.74) is 3.01. The number of hydrogen-bond donors (Lipinski definition) is 1. The van der Waals surface area contributed by atoms with Gasteiger partial charge in [0.1, 0.15) is 12.1 Å². The van der Waals surface area contributed by atoms with Crippen LogP contribution in [-0.2, 0) is 14.9 Å². The molecule has 0 radical (unpaired) electrons. The molecule has 2 atom stereocenters. The van der Waals surface area contributed by atoms with E-state index in [9.17, 15) is 4.79 Å². The molecule has 0 unspecified atom stereocenters. The first-order chi connectivity index (χ1) is 10.6. The fraction of sp³-hybridized carbons (Fsp3) is 0.632. The van der Waals surface area contributed by atoms with Crippen LogP contribution in [0.1, 0.15) is 56.6 Å². The van der Waals surface area contributed by atoms with E-state index in [1.807, 2.05) is 6.92 Å². The van der Waals surface area contributed by atoms with Crippen molar-refractivity contribution in [2.75, 3.05) is 6.54 Å². The van der Waals surface area contributed by atoms with E-state index in [2.05, 4.69) is 36.5 Å². The van der Waals surface area contributed by atoms with Gasteiger partial charge in [-0.05, 0) is 37.8 Å². The normalized spacial score (nSPS) is 27.6. The summed E-state index contributed by atoms with van der Waals surface area (Å²) in [6, 6.07) is 8.61. The second-order valence-electron chi connectivity index (χ2n) is 7.07. The number of aryl methyl sites for hydroxylation is 1. The van der Waals surface area contributed by atoms with Crippen molar-refractivity contribution in [3.05, 3.63) is 35.4 Å². The van der Waals surface area contributed by atoms with Crippen LogP contribution in [0, 0.1) is 6.92 Å². The number of cyclic esters (lactones) is 1. The number of hydrogen-bond acceptors (Lipinski definition) is 3. The maximum atomic E-state index is 11.9. The fourth-order valence-electron chi connectivity index (χ4n) is 4.18. The summed E-state index contributed by atoms with van der Waals surface area (Å²) in [6.45, 7) is 5.05. The van der Waals surface area contributed by atoms with Gasteiger partial charge in [0.25, 0.3) is 0 Å². The minimum absolute atomic E-state index is 0.0470. The number of nitrogens with one attached hydrogen (secondary N) is 1. The first-order valence-corrected chi connectivity index (χ1v) is 8.61. The van der Waals surface area contributed by atoms with E-state index in [1.54, 1.807) is 0 Å². The number of carbonyl (C=O) groups excluding carboxylic acids is 1. The molecule has 120 valence electrons. The number of benzene rings is 1. The van der Waals surface area contributed by atoms with Crippen LogP contribution in [0.5, 0.6) is 0 Å². The Morgan fingerprint density at radius 1 is 1.23 bits per heavy atom. The van der Waals surface area contributed by atoms with Crippen LogP contribution in [0.2, 0.25) is 0 Å². The summed E-state index contributed by atoms with van der Waals surface area (Å²) >= 11 is 0. The molecule has 1 N–H and O–H groups in total. The Morgan fingerprint density at radius 3 is 2.59 bits per heavy atom. The summed E-state index contributed by atoms with van der Waals surface area (Å²) in [6.07, 6.45) is 7.15. The average Bonchev–Trinajstić information content (AvgIpc) is 2.84. The van der Waals surface area contributed by atoms with Gasteiger partial charge >= 0.3 is 5.97 Å². The summed E-state index contributed by atoms with van der Waals surface area (Å²) in [4.78, 5) is 11.9. The maximum Gasteiger partial charge on any atom is 0.323 e. The molecule has 1 aliphatic carbocycles. The first kappa shape index (κ1) is 15.5. The Bertz CT molecular complexity index is 534. The molecule has 1 heterocycles. The van der Waals surface area contributed by atoms with Gasteiger partial charge in [0, 0.05) is 18.4 Å². The van der Waals surface area contributed by atoms with Gasteiger partial charge in [0.05, 0.1) is 0 Å². The number of rotatable bonds is 4. The highest BCUT2D eigenvalue weighted by Gasteiger charge is 2.38. The zero-order valence-corrected chi connectivity index (χ0v) is 13.7.